The molecule has 0 nitrogen and oxygen atoms in total. The van der Waals surface area contributed by atoms with Crippen LogP contribution in [0.1, 0.15) is 68.4 Å². The molecule has 4 saturated carbocycles. The van der Waals surface area contributed by atoms with Gasteiger partial charge in [-0.25, -0.2) is 0 Å². The SMILES string of the molecule is c1ccc2c(c1)ccc1c3c(ccc12)C(C12CC4CC(CC(C4)C1)C2)CCC3. The second-order valence-electron chi connectivity index (χ2n) is 10.7. The zero-order chi connectivity index (χ0) is 18.3. The quantitative estimate of drug-likeness (QED) is 0.388. The van der Waals surface area contributed by atoms with E-state index in [0.29, 0.717) is 5.41 Å². The summed E-state index contributed by atoms with van der Waals surface area (Å²) in [6, 6.07) is 18.7. The monoisotopic (exact) mass is 366 g/mol. The third kappa shape index (κ3) is 2.13. The molecule has 3 aromatic carbocycles. The van der Waals surface area contributed by atoms with Gasteiger partial charge in [0.25, 0.3) is 0 Å². The Bertz CT molecular complexity index is 1050. The minimum absolute atomic E-state index is 0.647. The second kappa shape index (κ2) is 5.62. The highest BCUT2D eigenvalue weighted by Crippen LogP contribution is 2.66. The number of hydrogen-bond acceptors (Lipinski definition) is 0. The molecule has 1 unspecified atom stereocenters. The van der Waals surface area contributed by atoms with Gasteiger partial charge in [-0.2, -0.15) is 0 Å². The Morgan fingerprint density at radius 2 is 1.39 bits per heavy atom. The smallest absolute Gasteiger partial charge is 0.0102 e. The number of hydrogen-bond donors (Lipinski definition) is 0. The number of aryl methyl sites for hydroxylation is 1. The van der Waals surface area contributed by atoms with Crippen LogP contribution in [-0.2, 0) is 6.42 Å². The van der Waals surface area contributed by atoms with Crippen molar-refractivity contribution in [1.82, 2.24) is 0 Å². The van der Waals surface area contributed by atoms with Crippen molar-refractivity contribution < 1.29 is 0 Å². The van der Waals surface area contributed by atoms with Crippen LogP contribution in [0.25, 0.3) is 21.5 Å². The highest BCUT2D eigenvalue weighted by atomic mass is 14.6. The fraction of sp³-hybridized carbons (Fsp3) is 0.500. The van der Waals surface area contributed by atoms with Gasteiger partial charge in [0, 0.05) is 0 Å². The van der Waals surface area contributed by atoms with Crippen LogP contribution in [0.2, 0.25) is 0 Å². The van der Waals surface area contributed by atoms with Gasteiger partial charge in [0.2, 0.25) is 0 Å². The fourth-order valence-corrected chi connectivity index (χ4v) is 8.65. The second-order valence-corrected chi connectivity index (χ2v) is 10.7. The molecular formula is C28H30. The number of rotatable bonds is 1. The minimum Gasteiger partial charge on any atom is -0.0616 e. The molecule has 4 bridgehead atoms. The van der Waals surface area contributed by atoms with Crippen LogP contribution in [0, 0.1) is 23.2 Å². The van der Waals surface area contributed by atoms with Gasteiger partial charge in [-0.3, -0.25) is 0 Å². The van der Waals surface area contributed by atoms with Crippen LogP contribution in [0.5, 0.6) is 0 Å². The molecule has 5 aliphatic carbocycles. The molecule has 4 fully saturated rings. The molecule has 0 aliphatic heterocycles. The summed E-state index contributed by atoms with van der Waals surface area (Å²) in [4.78, 5) is 0. The highest BCUT2D eigenvalue weighted by molar-refractivity contribution is 6.08. The minimum atomic E-state index is 0.647. The lowest BCUT2D eigenvalue weighted by molar-refractivity contribution is -0.0713. The van der Waals surface area contributed by atoms with E-state index in [1.54, 1.807) is 55.0 Å². The highest BCUT2D eigenvalue weighted by Gasteiger charge is 2.54. The molecule has 0 heteroatoms. The fourth-order valence-electron chi connectivity index (χ4n) is 8.65. The van der Waals surface area contributed by atoms with Crippen molar-refractivity contribution in [2.24, 2.45) is 23.2 Å². The summed E-state index contributed by atoms with van der Waals surface area (Å²) >= 11 is 0. The maximum atomic E-state index is 2.56. The average molecular weight is 367 g/mol. The Hall–Kier alpha value is -1.82. The zero-order valence-corrected chi connectivity index (χ0v) is 16.8. The van der Waals surface area contributed by atoms with Gasteiger partial charge < -0.3 is 0 Å². The summed E-state index contributed by atoms with van der Waals surface area (Å²) in [6.45, 7) is 0. The molecule has 0 amide bonds. The van der Waals surface area contributed by atoms with Crippen molar-refractivity contribution in [2.45, 2.75) is 63.7 Å². The van der Waals surface area contributed by atoms with E-state index in [-0.39, 0.29) is 0 Å². The molecule has 0 saturated heterocycles. The summed E-state index contributed by atoms with van der Waals surface area (Å²) in [5.74, 6) is 4.00. The van der Waals surface area contributed by atoms with Crippen LogP contribution in [0.4, 0.5) is 0 Å². The third-order valence-corrected chi connectivity index (χ3v) is 9.19. The molecule has 0 radical (unpaired) electrons. The lowest BCUT2D eigenvalue weighted by Crippen LogP contribution is -2.49. The predicted molar refractivity (Wildman–Crippen MR) is 118 cm³/mol. The molecule has 28 heavy (non-hydrogen) atoms. The molecule has 8 rings (SSSR count). The van der Waals surface area contributed by atoms with Crippen molar-refractivity contribution >= 4 is 21.5 Å². The third-order valence-electron chi connectivity index (χ3n) is 9.19. The van der Waals surface area contributed by atoms with E-state index in [1.165, 1.54) is 35.4 Å². The Morgan fingerprint density at radius 1 is 0.679 bits per heavy atom. The lowest BCUT2D eigenvalue weighted by Gasteiger charge is -2.60. The Labute approximate surface area is 168 Å². The van der Waals surface area contributed by atoms with Crippen molar-refractivity contribution in [1.29, 1.82) is 0 Å². The maximum absolute atomic E-state index is 2.56. The van der Waals surface area contributed by atoms with Crippen molar-refractivity contribution in [2.75, 3.05) is 0 Å². The van der Waals surface area contributed by atoms with E-state index in [1.807, 2.05) is 0 Å². The van der Waals surface area contributed by atoms with E-state index in [9.17, 15) is 0 Å². The van der Waals surface area contributed by atoms with E-state index in [2.05, 4.69) is 48.5 Å². The predicted octanol–water partition coefficient (Wildman–Crippen LogP) is 7.63. The molecule has 3 aromatic rings. The van der Waals surface area contributed by atoms with Gasteiger partial charge in [-0.05, 0) is 120 Å². The summed E-state index contributed by atoms with van der Waals surface area (Å²) in [7, 11) is 0. The Balaban J connectivity index is 1.40. The summed E-state index contributed by atoms with van der Waals surface area (Å²) in [5, 5.41) is 5.83. The molecule has 0 aromatic heterocycles. The topological polar surface area (TPSA) is 0 Å². The van der Waals surface area contributed by atoms with Crippen LogP contribution < -0.4 is 0 Å². The normalized spacial score (nSPS) is 36.1. The molecular weight excluding hydrogens is 336 g/mol. The number of benzene rings is 3. The standard InChI is InChI=1S/C28H30/c1-2-5-22-21(4-1)8-9-25-23-6-3-7-27(26(23)11-10-24(22)25)28-15-18-12-19(16-28)14-20(13-18)17-28/h1-2,4-5,8-11,18-20,27H,3,6-7,12-17H2. The van der Waals surface area contributed by atoms with Crippen LogP contribution in [-0.4, -0.2) is 0 Å². The van der Waals surface area contributed by atoms with Crippen LogP contribution in [0.3, 0.4) is 0 Å². The van der Waals surface area contributed by atoms with Gasteiger partial charge in [0.1, 0.15) is 0 Å². The van der Waals surface area contributed by atoms with Gasteiger partial charge in [-0.1, -0.05) is 48.5 Å². The molecule has 5 aliphatic rings. The van der Waals surface area contributed by atoms with E-state index in [4.69, 9.17) is 0 Å². The first-order valence-corrected chi connectivity index (χ1v) is 11.7. The number of fused-ring (bicyclic) bond motifs is 5. The first-order valence-electron chi connectivity index (χ1n) is 11.7. The van der Waals surface area contributed by atoms with E-state index in [0.717, 1.165) is 23.7 Å². The molecule has 0 N–H and O–H groups in total. The van der Waals surface area contributed by atoms with E-state index < -0.39 is 0 Å². The maximum Gasteiger partial charge on any atom is -0.0102 e. The molecule has 1 atom stereocenters. The van der Waals surface area contributed by atoms with Crippen LogP contribution in [0.15, 0.2) is 48.5 Å². The summed E-state index contributed by atoms with van der Waals surface area (Å²) in [6.07, 6.45) is 13.4. The first kappa shape index (κ1) is 16.0. The zero-order valence-electron chi connectivity index (χ0n) is 16.8. The molecule has 0 heterocycles. The van der Waals surface area contributed by atoms with Crippen molar-refractivity contribution in [3.63, 3.8) is 0 Å². The molecule has 142 valence electrons. The largest absolute Gasteiger partial charge is 0.0616 e. The summed E-state index contributed by atoms with van der Waals surface area (Å²) in [5.41, 5.74) is 4.10. The van der Waals surface area contributed by atoms with Crippen molar-refractivity contribution in [3.05, 3.63) is 59.7 Å². The Morgan fingerprint density at radius 3 is 2.18 bits per heavy atom. The van der Waals surface area contributed by atoms with Gasteiger partial charge >= 0.3 is 0 Å². The van der Waals surface area contributed by atoms with Gasteiger partial charge in [0.05, 0.1) is 0 Å². The first-order chi connectivity index (χ1) is 13.8. The lowest BCUT2D eigenvalue weighted by atomic mass is 9.45. The van der Waals surface area contributed by atoms with E-state index >= 15 is 0 Å². The summed E-state index contributed by atoms with van der Waals surface area (Å²) < 4.78 is 0. The average Bonchev–Trinajstić information content (AvgIpc) is 2.72. The Kier molecular flexibility index (Phi) is 3.22. The van der Waals surface area contributed by atoms with Gasteiger partial charge in [-0.15, -0.1) is 0 Å². The van der Waals surface area contributed by atoms with Crippen LogP contribution >= 0.6 is 0 Å². The van der Waals surface area contributed by atoms with Crippen molar-refractivity contribution in [3.8, 4) is 0 Å². The van der Waals surface area contributed by atoms with Gasteiger partial charge in [0.15, 0.2) is 0 Å². The molecule has 0 spiro atoms.